The van der Waals surface area contributed by atoms with E-state index in [-0.39, 0.29) is 18.2 Å². The number of aliphatic carboxylic acids is 1. The SMILES string of the molecule is CN(C(=O)C(C)(C)N)c1ccc(N/C(=C2\C(=O)Nc3cc(Cl)ccc32)c2ccc(CC(=O)O)cc2)cc1. The molecule has 1 aliphatic rings. The minimum absolute atomic E-state index is 0.102. The predicted octanol–water partition coefficient (Wildman–Crippen LogP) is 4.60. The standard InChI is InChI=1S/C28H27ClN4O4/c1-28(2,30)27(37)33(3)20-11-9-19(10-12-20)31-25(17-6-4-16(5-7-17)14-23(34)35)24-21-13-8-18(29)15-22(21)32-26(24)36/h4-13,15,31H,14,30H2,1-3H3,(H,32,36)(H,34,35)/b25-24-. The Hall–Kier alpha value is -4.14. The number of hydrogen-bond acceptors (Lipinski definition) is 5. The van der Waals surface area contributed by atoms with Crippen LogP contribution in [0.25, 0.3) is 11.3 Å². The van der Waals surface area contributed by atoms with Gasteiger partial charge < -0.3 is 26.4 Å². The monoisotopic (exact) mass is 518 g/mol. The Balaban J connectivity index is 1.74. The van der Waals surface area contributed by atoms with Crippen molar-refractivity contribution in [3.63, 3.8) is 0 Å². The van der Waals surface area contributed by atoms with Crippen molar-refractivity contribution < 1.29 is 19.5 Å². The molecule has 0 saturated carbocycles. The zero-order chi connectivity index (χ0) is 26.9. The molecule has 9 heteroatoms. The molecule has 1 aliphatic heterocycles. The molecule has 0 radical (unpaired) electrons. The highest BCUT2D eigenvalue weighted by molar-refractivity contribution is 6.38. The summed E-state index contributed by atoms with van der Waals surface area (Å²) in [5.74, 6) is -1.44. The minimum atomic E-state index is -1.01. The number of hydrogen-bond donors (Lipinski definition) is 4. The molecular weight excluding hydrogens is 492 g/mol. The van der Waals surface area contributed by atoms with Crippen LogP contribution in [-0.4, -0.2) is 35.5 Å². The molecule has 0 fully saturated rings. The van der Waals surface area contributed by atoms with Gasteiger partial charge in [0.1, 0.15) is 0 Å². The Morgan fingerprint density at radius 2 is 1.70 bits per heavy atom. The number of carboxylic acids is 1. The molecule has 4 rings (SSSR count). The van der Waals surface area contributed by atoms with Gasteiger partial charge >= 0.3 is 5.97 Å². The third-order valence-electron chi connectivity index (χ3n) is 5.95. The van der Waals surface area contributed by atoms with Gasteiger partial charge in [0.05, 0.1) is 28.9 Å². The number of likely N-dealkylation sites (N-methyl/N-ethyl adjacent to an activating group) is 1. The number of nitrogens with two attached hydrogens (primary N) is 1. The second-order valence-electron chi connectivity index (χ2n) is 9.42. The molecule has 3 aromatic carbocycles. The number of rotatable bonds is 7. The average Bonchev–Trinajstić information content (AvgIpc) is 3.16. The maximum absolute atomic E-state index is 13.1. The first-order valence-electron chi connectivity index (χ1n) is 11.5. The summed E-state index contributed by atoms with van der Waals surface area (Å²) in [6.45, 7) is 3.30. The maximum Gasteiger partial charge on any atom is 0.307 e. The summed E-state index contributed by atoms with van der Waals surface area (Å²) in [7, 11) is 1.66. The van der Waals surface area contributed by atoms with Crippen LogP contribution in [0.3, 0.4) is 0 Å². The van der Waals surface area contributed by atoms with Gasteiger partial charge in [0.2, 0.25) is 5.91 Å². The van der Waals surface area contributed by atoms with Gasteiger partial charge in [0, 0.05) is 29.0 Å². The molecule has 0 saturated heterocycles. The largest absolute Gasteiger partial charge is 0.481 e. The van der Waals surface area contributed by atoms with Gasteiger partial charge in [-0.1, -0.05) is 41.9 Å². The molecule has 0 spiro atoms. The van der Waals surface area contributed by atoms with Crippen molar-refractivity contribution in [2.75, 3.05) is 22.6 Å². The van der Waals surface area contributed by atoms with Gasteiger partial charge in [-0.3, -0.25) is 14.4 Å². The first-order chi connectivity index (χ1) is 17.4. The van der Waals surface area contributed by atoms with E-state index in [0.717, 1.165) is 0 Å². The van der Waals surface area contributed by atoms with Crippen molar-refractivity contribution >= 4 is 57.7 Å². The Kier molecular flexibility index (Phi) is 7.07. The van der Waals surface area contributed by atoms with Gasteiger partial charge in [-0.15, -0.1) is 0 Å². The van der Waals surface area contributed by atoms with Gasteiger partial charge in [-0.2, -0.15) is 0 Å². The van der Waals surface area contributed by atoms with E-state index in [1.165, 1.54) is 4.90 Å². The first kappa shape index (κ1) is 25.9. The molecule has 190 valence electrons. The molecule has 3 aromatic rings. The zero-order valence-electron chi connectivity index (χ0n) is 20.6. The zero-order valence-corrected chi connectivity index (χ0v) is 21.4. The number of carboxylic acid groups (broad SMARTS) is 1. The molecule has 0 atom stereocenters. The molecule has 0 aliphatic carbocycles. The van der Waals surface area contributed by atoms with Crippen LogP contribution in [-0.2, 0) is 20.8 Å². The first-order valence-corrected chi connectivity index (χ1v) is 11.9. The maximum atomic E-state index is 13.1. The minimum Gasteiger partial charge on any atom is -0.481 e. The third kappa shape index (κ3) is 5.66. The highest BCUT2D eigenvalue weighted by Gasteiger charge is 2.29. The lowest BCUT2D eigenvalue weighted by Gasteiger charge is -2.26. The van der Waals surface area contributed by atoms with Crippen molar-refractivity contribution in [3.8, 4) is 0 Å². The second-order valence-corrected chi connectivity index (χ2v) is 9.86. The van der Waals surface area contributed by atoms with E-state index in [2.05, 4.69) is 10.6 Å². The van der Waals surface area contributed by atoms with Gasteiger partial charge in [0.25, 0.3) is 5.91 Å². The average molecular weight is 519 g/mol. The van der Waals surface area contributed by atoms with Gasteiger partial charge in [0.15, 0.2) is 0 Å². The van der Waals surface area contributed by atoms with Crippen molar-refractivity contribution in [2.24, 2.45) is 5.73 Å². The topological polar surface area (TPSA) is 125 Å². The number of halogens is 1. The summed E-state index contributed by atoms with van der Waals surface area (Å²) < 4.78 is 0. The van der Waals surface area contributed by atoms with Crippen LogP contribution in [0.5, 0.6) is 0 Å². The number of benzene rings is 3. The van der Waals surface area contributed by atoms with Crippen LogP contribution >= 0.6 is 11.6 Å². The van der Waals surface area contributed by atoms with E-state index in [1.54, 1.807) is 87.6 Å². The van der Waals surface area contributed by atoms with Crippen molar-refractivity contribution in [3.05, 3.63) is 88.4 Å². The highest BCUT2D eigenvalue weighted by atomic mass is 35.5. The number of amides is 2. The van der Waals surface area contributed by atoms with E-state index in [0.29, 0.717) is 50.0 Å². The fourth-order valence-electron chi connectivity index (χ4n) is 4.10. The number of fused-ring (bicyclic) bond motifs is 1. The van der Waals surface area contributed by atoms with Crippen LogP contribution in [0.4, 0.5) is 17.1 Å². The molecule has 8 nitrogen and oxygen atoms in total. The lowest BCUT2D eigenvalue weighted by Crippen LogP contribution is -2.49. The van der Waals surface area contributed by atoms with Crippen LogP contribution in [0.2, 0.25) is 5.02 Å². The van der Waals surface area contributed by atoms with Gasteiger partial charge in [-0.05, 0) is 61.4 Å². The molecule has 1 heterocycles. The van der Waals surface area contributed by atoms with Crippen LogP contribution in [0.1, 0.15) is 30.5 Å². The number of anilines is 3. The predicted molar refractivity (Wildman–Crippen MR) is 146 cm³/mol. The molecular formula is C28H27ClN4O4. The molecule has 5 N–H and O–H groups in total. The summed E-state index contributed by atoms with van der Waals surface area (Å²) in [6, 6.07) is 19.4. The molecule has 0 aromatic heterocycles. The summed E-state index contributed by atoms with van der Waals surface area (Å²) >= 11 is 6.13. The number of carbonyl (C=O) groups is 3. The van der Waals surface area contributed by atoms with E-state index in [4.69, 9.17) is 22.4 Å². The lowest BCUT2D eigenvalue weighted by atomic mass is 9.98. The molecule has 2 amide bonds. The van der Waals surface area contributed by atoms with Crippen LogP contribution in [0, 0.1) is 0 Å². The number of nitrogens with zero attached hydrogens (tertiary/aromatic N) is 1. The van der Waals surface area contributed by atoms with Gasteiger partial charge in [-0.25, -0.2) is 0 Å². The van der Waals surface area contributed by atoms with Crippen molar-refractivity contribution in [1.82, 2.24) is 0 Å². The Morgan fingerprint density at radius 3 is 2.30 bits per heavy atom. The third-order valence-corrected chi connectivity index (χ3v) is 6.19. The fourth-order valence-corrected chi connectivity index (χ4v) is 4.27. The number of carbonyl (C=O) groups excluding carboxylic acids is 2. The fraction of sp³-hybridized carbons (Fsp3) is 0.179. The summed E-state index contributed by atoms with van der Waals surface area (Å²) in [6.07, 6.45) is -0.102. The Labute approximate surface area is 219 Å². The van der Waals surface area contributed by atoms with Crippen molar-refractivity contribution in [1.29, 1.82) is 0 Å². The molecule has 0 bridgehead atoms. The Morgan fingerprint density at radius 1 is 1.05 bits per heavy atom. The summed E-state index contributed by atoms with van der Waals surface area (Å²) in [5, 5.41) is 15.8. The molecule has 37 heavy (non-hydrogen) atoms. The summed E-state index contributed by atoms with van der Waals surface area (Å²) in [5.41, 5.74) is 9.91. The highest BCUT2D eigenvalue weighted by Crippen LogP contribution is 2.39. The quantitative estimate of drug-likeness (QED) is 0.339. The van der Waals surface area contributed by atoms with Crippen LogP contribution in [0.15, 0.2) is 66.7 Å². The molecule has 0 unspecified atom stereocenters. The van der Waals surface area contributed by atoms with E-state index in [9.17, 15) is 14.4 Å². The van der Waals surface area contributed by atoms with Crippen molar-refractivity contribution in [2.45, 2.75) is 25.8 Å². The van der Waals surface area contributed by atoms with E-state index >= 15 is 0 Å². The smallest absolute Gasteiger partial charge is 0.307 e. The van der Waals surface area contributed by atoms with Crippen LogP contribution < -0.4 is 21.3 Å². The summed E-state index contributed by atoms with van der Waals surface area (Å²) in [4.78, 5) is 38.2. The normalized spacial score (nSPS) is 14.0. The van der Waals surface area contributed by atoms with E-state index in [1.807, 2.05) is 0 Å². The second kappa shape index (κ2) is 10.1. The Bertz CT molecular complexity index is 1410. The number of nitrogens with one attached hydrogen (secondary N) is 2. The van der Waals surface area contributed by atoms with E-state index < -0.39 is 11.5 Å². The lowest BCUT2D eigenvalue weighted by molar-refractivity contribution is -0.136.